The summed E-state index contributed by atoms with van der Waals surface area (Å²) in [5, 5.41) is 31.3. The van der Waals surface area contributed by atoms with E-state index in [1.807, 2.05) is 0 Å². The van der Waals surface area contributed by atoms with Gasteiger partial charge in [-0.15, -0.1) is 0 Å². The normalized spacial score (nSPS) is 52.4. The van der Waals surface area contributed by atoms with E-state index >= 15 is 0 Å². The van der Waals surface area contributed by atoms with Crippen molar-refractivity contribution in [3.63, 3.8) is 0 Å². The molecule has 4 nitrogen and oxygen atoms in total. The van der Waals surface area contributed by atoms with Crippen LogP contribution in [0.3, 0.4) is 0 Å². The second-order valence-electron chi connectivity index (χ2n) is 8.65. The molecule has 3 N–H and O–H groups in total. The van der Waals surface area contributed by atoms with Gasteiger partial charge in [-0.3, -0.25) is 4.79 Å². The zero-order valence-corrected chi connectivity index (χ0v) is 13.9. The minimum Gasteiger partial charge on any atom is -0.395 e. The molecule has 23 heavy (non-hydrogen) atoms. The van der Waals surface area contributed by atoms with E-state index < -0.39 is 12.2 Å². The van der Waals surface area contributed by atoms with Gasteiger partial charge < -0.3 is 15.3 Å². The molecule has 4 heteroatoms. The van der Waals surface area contributed by atoms with Gasteiger partial charge in [-0.2, -0.15) is 0 Å². The van der Waals surface area contributed by atoms with Crippen LogP contribution in [0.4, 0.5) is 0 Å². The summed E-state index contributed by atoms with van der Waals surface area (Å²) < 4.78 is 0. The fourth-order valence-electron chi connectivity index (χ4n) is 6.69. The molecule has 0 bridgehead atoms. The van der Waals surface area contributed by atoms with Gasteiger partial charge in [0, 0.05) is 18.3 Å². The molecule has 0 heterocycles. The van der Waals surface area contributed by atoms with Gasteiger partial charge in [0.15, 0.2) is 5.78 Å². The number of carbonyl (C=O) groups is 1. The number of aliphatic hydroxyl groups is 3. The quantitative estimate of drug-likeness (QED) is 0.689. The Bertz CT molecular complexity index is 556. The van der Waals surface area contributed by atoms with Crippen molar-refractivity contribution in [1.29, 1.82) is 0 Å². The van der Waals surface area contributed by atoms with Gasteiger partial charge in [-0.05, 0) is 61.3 Å². The standard InChI is InChI=1S/C19H28O4/c1-18-6-5-14-13(17(18)15(22)9-16(18)23)3-2-11-8-12(21)4-7-19(11,14)10-20/h8,13-17,20,22-23H,2-7,9-10H2,1H3/t13-,14+,15?,16?,17-,18-,19-/m1/s1. The van der Waals surface area contributed by atoms with Crippen LogP contribution in [0.1, 0.15) is 51.9 Å². The van der Waals surface area contributed by atoms with Crippen molar-refractivity contribution in [1.82, 2.24) is 0 Å². The third kappa shape index (κ3) is 1.98. The van der Waals surface area contributed by atoms with E-state index in [2.05, 4.69) is 6.92 Å². The van der Waals surface area contributed by atoms with Crippen molar-refractivity contribution in [2.75, 3.05) is 6.61 Å². The summed E-state index contributed by atoms with van der Waals surface area (Å²) in [6, 6.07) is 0. The summed E-state index contributed by atoms with van der Waals surface area (Å²) in [4.78, 5) is 11.8. The lowest BCUT2D eigenvalue weighted by Gasteiger charge is -2.58. The zero-order chi connectivity index (χ0) is 16.4. The van der Waals surface area contributed by atoms with E-state index in [0.29, 0.717) is 24.7 Å². The molecule has 0 spiro atoms. The lowest BCUT2D eigenvalue weighted by Crippen LogP contribution is -2.54. The molecule has 0 aromatic rings. The molecule has 4 aliphatic rings. The van der Waals surface area contributed by atoms with Gasteiger partial charge in [0.05, 0.1) is 18.8 Å². The van der Waals surface area contributed by atoms with Crippen LogP contribution in [-0.2, 0) is 4.79 Å². The number of fused-ring (bicyclic) bond motifs is 5. The van der Waals surface area contributed by atoms with Gasteiger partial charge in [0.25, 0.3) is 0 Å². The van der Waals surface area contributed by atoms with Crippen LogP contribution in [0.2, 0.25) is 0 Å². The van der Waals surface area contributed by atoms with Crippen LogP contribution >= 0.6 is 0 Å². The van der Waals surface area contributed by atoms with Crippen molar-refractivity contribution in [2.45, 2.75) is 64.1 Å². The highest BCUT2D eigenvalue weighted by Gasteiger charge is 2.62. The first kappa shape index (κ1) is 15.8. The number of carbonyl (C=O) groups excluding carboxylic acids is 1. The van der Waals surface area contributed by atoms with Crippen LogP contribution in [0.5, 0.6) is 0 Å². The average Bonchev–Trinajstić information content (AvgIpc) is 2.76. The van der Waals surface area contributed by atoms with E-state index in [-0.39, 0.29) is 29.1 Å². The van der Waals surface area contributed by atoms with Gasteiger partial charge in [0.2, 0.25) is 0 Å². The fourth-order valence-corrected chi connectivity index (χ4v) is 6.69. The van der Waals surface area contributed by atoms with E-state index in [9.17, 15) is 20.1 Å². The van der Waals surface area contributed by atoms with Gasteiger partial charge in [-0.25, -0.2) is 0 Å². The molecular weight excluding hydrogens is 292 g/mol. The SMILES string of the molecule is C[C@]12CC[C@H]3[C@@H](CCC4=CC(=O)CC[C@@]43CO)[C@@H]1C(O)CC2O. The minimum absolute atomic E-state index is 0.107. The largest absolute Gasteiger partial charge is 0.395 e. The Labute approximate surface area is 137 Å². The van der Waals surface area contributed by atoms with Gasteiger partial charge in [-0.1, -0.05) is 12.5 Å². The highest BCUT2D eigenvalue weighted by atomic mass is 16.3. The topological polar surface area (TPSA) is 77.8 Å². The van der Waals surface area contributed by atoms with Gasteiger partial charge >= 0.3 is 0 Å². The van der Waals surface area contributed by atoms with Crippen LogP contribution < -0.4 is 0 Å². The van der Waals surface area contributed by atoms with Crippen LogP contribution in [0.15, 0.2) is 11.6 Å². The maximum Gasteiger partial charge on any atom is 0.155 e. The molecule has 4 rings (SSSR count). The van der Waals surface area contributed by atoms with Crippen molar-refractivity contribution < 1.29 is 20.1 Å². The third-order valence-electron chi connectivity index (χ3n) is 7.91. The Morgan fingerprint density at radius 1 is 1.22 bits per heavy atom. The van der Waals surface area contributed by atoms with Crippen LogP contribution in [0.25, 0.3) is 0 Å². The lowest BCUT2D eigenvalue weighted by molar-refractivity contribution is -0.123. The molecular formula is C19H28O4. The molecule has 0 aromatic carbocycles. The summed E-state index contributed by atoms with van der Waals surface area (Å²) in [5.41, 5.74) is 0.697. The smallest absolute Gasteiger partial charge is 0.155 e. The van der Waals surface area contributed by atoms with E-state index in [1.54, 1.807) is 6.08 Å². The Hall–Kier alpha value is -0.710. The summed E-state index contributed by atoms with van der Waals surface area (Å²) in [7, 11) is 0. The minimum atomic E-state index is -0.436. The maximum absolute atomic E-state index is 11.8. The molecule has 7 atom stereocenters. The number of ketones is 1. The first-order valence-corrected chi connectivity index (χ1v) is 9.13. The lowest BCUT2D eigenvalue weighted by atomic mass is 9.47. The Balaban J connectivity index is 1.73. The van der Waals surface area contributed by atoms with E-state index in [0.717, 1.165) is 37.7 Å². The summed E-state index contributed by atoms with van der Waals surface area (Å²) in [6.45, 7) is 2.24. The molecule has 0 aliphatic heterocycles. The maximum atomic E-state index is 11.8. The summed E-state index contributed by atoms with van der Waals surface area (Å²) in [5.74, 6) is 0.996. The molecule has 3 saturated carbocycles. The van der Waals surface area contributed by atoms with Crippen molar-refractivity contribution >= 4 is 5.78 Å². The highest BCUT2D eigenvalue weighted by molar-refractivity contribution is 5.91. The van der Waals surface area contributed by atoms with E-state index in [1.165, 1.54) is 0 Å². The number of aliphatic hydroxyl groups excluding tert-OH is 3. The predicted molar refractivity (Wildman–Crippen MR) is 85.5 cm³/mol. The zero-order valence-electron chi connectivity index (χ0n) is 13.9. The number of rotatable bonds is 1. The highest BCUT2D eigenvalue weighted by Crippen LogP contribution is 2.65. The average molecular weight is 320 g/mol. The predicted octanol–water partition coefficient (Wildman–Crippen LogP) is 1.82. The first-order chi connectivity index (χ1) is 10.9. The first-order valence-electron chi connectivity index (χ1n) is 9.13. The molecule has 2 unspecified atom stereocenters. The molecule has 128 valence electrons. The molecule has 4 aliphatic carbocycles. The monoisotopic (exact) mass is 320 g/mol. The van der Waals surface area contributed by atoms with E-state index in [4.69, 9.17) is 0 Å². The second-order valence-corrected chi connectivity index (χ2v) is 8.65. The summed E-state index contributed by atoms with van der Waals surface area (Å²) in [6.07, 6.45) is 6.40. The summed E-state index contributed by atoms with van der Waals surface area (Å²) >= 11 is 0. The van der Waals surface area contributed by atoms with Crippen LogP contribution in [0, 0.1) is 28.6 Å². The van der Waals surface area contributed by atoms with Crippen molar-refractivity contribution in [3.8, 4) is 0 Å². The Kier molecular flexibility index (Phi) is 3.53. The molecule has 0 aromatic heterocycles. The second kappa shape index (κ2) is 5.14. The van der Waals surface area contributed by atoms with Crippen molar-refractivity contribution in [2.24, 2.45) is 28.6 Å². The molecule has 0 amide bonds. The molecule has 0 saturated heterocycles. The molecule has 3 fully saturated rings. The van der Waals surface area contributed by atoms with Crippen molar-refractivity contribution in [3.05, 3.63) is 11.6 Å². The number of hydrogen-bond donors (Lipinski definition) is 3. The Morgan fingerprint density at radius 2 is 2.00 bits per heavy atom. The van der Waals surface area contributed by atoms with Gasteiger partial charge in [0.1, 0.15) is 0 Å². The van der Waals surface area contributed by atoms with Crippen LogP contribution in [-0.4, -0.2) is 39.9 Å². The number of hydrogen-bond acceptors (Lipinski definition) is 4. The Morgan fingerprint density at radius 3 is 2.74 bits per heavy atom. The molecule has 0 radical (unpaired) electrons. The fraction of sp³-hybridized carbons (Fsp3) is 0.842. The third-order valence-corrected chi connectivity index (χ3v) is 7.91.